The second-order valence-corrected chi connectivity index (χ2v) is 10.2. The number of carbonyl (C=O) groups excluding carboxylic acids is 2. The molecule has 1 atom stereocenters. The molecule has 2 aromatic heterocycles. The van der Waals surface area contributed by atoms with Crippen LogP contribution < -0.4 is 15.5 Å². The second-order valence-electron chi connectivity index (χ2n) is 9.31. The van der Waals surface area contributed by atoms with Crippen molar-refractivity contribution in [3.8, 4) is 0 Å². The molecule has 2 amide bonds. The smallest absolute Gasteiger partial charge is 0.407 e. The van der Waals surface area contributed by atoms with E-state index in [1.165, 1.54) is 0 Å². The van der Waals surface area contributed by atoms with Gasteiger partial charge in [-0.25, -0.2) is 9.78 Å². The molecule has 1 aliphatic rings. The largest absolute Gasteiger partial charge is 0.444 e. The summed E-state index contributed by atoms with van der Waals surface area (Å²) in [6.45, 7) is 11.1. The summed E-state index contributed by atoms with van der Waals surface area (Å²) in [5.41, 5.74) is 1.87. The number of H-pyrrole nitrogens is 1. The Bertz CT molecular complexity index is 964. The van der Waals surface area contributed by atoms with Gasteiger partial charge in [0.05, 0.1) is 21.2 Å². The Morgan fingerprint density at radius 3 is 2.72 bits per heavy atom. The number of aromatic nitrogens is 2. The number of carbonyl (C=O) groups is 2. The van der Waals surface area contributed by atoms with Crippen LogP contribution in [0.5, 0.6) is 0 Å². The molecule has 0 unspecified atom stereocenters. The Kier molecular flexibility index (Phi) is 7.69. The zero-order chi connectivity index (χ0) is 23.5. The van der Waals surface area contributed by atoms with Crippen LogP contribution in [-0.2, 0) is 9.53 Å². The topological polar surface area (TPSA) is 99.4 Å². The first kappa shape index (κ1) is 24.4. The highest BCUT2D eigenvalue weighted by Gasteiger charge is 2.28. The van der Waals surface area contributed by atoms with E-state index in [0.29, 0.717) is 12.2 Å². The van der Waals surface area contributed by atoms with Crippen molar-refractivity contribution in [3.05, 3.63) is 16.9 Å². The molecule has 8 nitrogen and oxygen atoms in total. The lowest BCUT2D eigenvalue weighted by Gasteiger charge is -2.36. The number of hydrogen-bond acceptors (Lipinski definition) is 5. The van der Waals surface area contributed by atoms with Crippen molar-refractivity contribution in [2.45, 2.75) is 71.9 Å². The van der Waals surface area contributed by atoms with Gasteiger partial charge in [-0.2, -0.15) is 0 Å². The Labute approximate surface area is 198 Å². The number of anilines is 2. The van der Waals surface area contributed by atoms with Gasteiger partial charge in [-0.05, 0) is 62.4 Å². The highest BCUT2D eigenvalue weighted by Crippen LogP contribution is 2.39. The summed E-state index contributed by atoms with van der Waals surface area (Å²) in [5, 5.41) is 6.97. The lowest BCUT2D eigenvalue weighted by molar-refractivity contribution is -0.120. The molecule has 0 radical (unpaired) electrons. The van der Waals surface area contributed by atoms with Crippen molar-refractivity contribution in [2.24, 2.45) is 5.92 Å². The number of fused-ring (bicyclic) bond motifs is 1. The maximum atomic E-state index is 12.7. The molecule has 32 heavy (non-hydrogen) atoms. The third-order valence-electron chi connectivity index (χ3n) is 5.70. The average Bonchev–Trinajstić information content (AvgIpc) is 3.10. The first-order valence-corrected chi connectivity index (χ1v) is 12.1. The number of nitrogens with one attached hydrogen (secondary N) is 3. The number of hydrogen-bond donors (Lipinski definition) is 3. The highest BCUT2D eigenvalue weighted by molar-refractivity contribution is 9.10. The fourth-order valence-corrected chi connectivity index (χ4v) is 4.68. The van der Waals surface area contributed by atoms with Crippen LogP contribution in [0.3, 0.4) is 0 Å². The van der Waals surface area contributed by atoms with E-state index in [2.05, 4.69) is 41.4 Å². The van der Waals surface area contributed by atoms with E-state index in [0.717, 1.165) is 53.5 Å². The number of amides is 2. The molecule has 1 aliphatic heterocycles. The first-order valence-electron chi connectivity index (χ1n) is 11.3. The average molecular weight is 508 g/mol. The fraction of sp³-hybridized carbons (Fsp3) is 0.609. The molecule has 9 heteroatoms. The van der Waals surface area contributed by atoms with E-state index >= 15 is 0 Å². The first-order chi connectivity index (χ1) is 15.1. The van der Waals surface area contributed by atoms with Crippen LogP contribution >= 0.6 is 15.9 Å². The van der Waals surface area contributed by atoms with Crippen LogP contribution in [0.1, 0.15) is 60.3 Å². The summed E-state index contributed by atoms with van der Waals surface area (Å²) in [6, 6.07) is -0.0322. The quantitative estimate of drug-likeness (QED) is 0.499. The number of rotatable bonds is 6. The van der Waals surface area contributed by atoms with Gasteiger partial charge in [0.2, 0.25) is 5.91 Å². The van der Waals surface area contributed by atoms with E-state index in [1.54, 1.807) is 12.4 Å². The number of alkyl carbamates (subject to hydrolysis) is 1. The minimum absolute atomic E-state index is 0.0185. The van der Waals surface area contributed by atoms with E-state index in [-0.39, 0.29) is 17.9 Å². The van der Waals surface area contributed by atoms with Crippen LogP contribution in [0.15, 0.2) is 16.9 Å². The molecule has 2 aromatic rings. The number of ether oxygens (including phenoxy) is 1. The minimum atomic E-state index is -0.536. The molecule has 0 aromatic carbocycles. The summed E-state index contributed by atoms with van der Waals surface area (Å²) in [5.74, 6) is -0.00848. The van der Waals surface area contributed by atoms with Crippen LogP contribution in [-0.4, -0.2) is 46.7 Å². The summed E-state index contributed by atoms with van der Waals surface area (Å²) < 4.78 is 6.28. The van der Waals surface area contributed by atoms with Gasteiger partial charge in [-0.1, -0.05) is 13.8 Å². The summed E-state index contributed by atoms with van der Waals surface area (Å²) >= 11 is 3.66. The van der Waals surface area contributed by atoms with Gasteiger partial charge in [0, 0.05) is 37.4 Å². The zero-order valence-electron chi connectivity index (χ0n) is 19.5. The fourth-order valence-electron chi connectivity index (χ4n) is 4.13. The summed E-state index contributed by atoms with van der Waals surface area (Å²) in [4.78, 5) is 34.9. The van der Waals surface area contributed by atoms with Gasteiger partial charge in [0.25, 0.3) is 0 Å². The van der Waals surface area contributed by atoms with Crippen LogP contribution in [0.4, 0.5) is 16.2 Å². The number of aromatic amines is 1. The van der Waals surface area contributed by atoms with Crippen molar-refractivity contribution >= 4 is 50.3 Å². The molecule has 3 N–H and O–H groups in total. The Balaban J connectivity index is 1.86. The SMILES string of the molecule is CCC(CC)C(=O)Nc1c[nH]c2ncc(Br)c(N3CCC[C@@H](NC(=O)OC(C)(C)C)C3)c12. The third kappa shape index (κ3) is 5.74. The molecular weight excluding hydrogens is 474 g/mol. The van der Waals surface area contributed by atoms with Gasteiger partial charge in [-0.3, -0.25) is 4.79 Å². The number of pyridine rings is 1. The van der Waals surface area contributed by atoms with Crippen molar-refractivity contribution in [3.63, 3.8) is 0 Å². The second kappa shape index (κ2) is 10.1. The van der Waals surface area contributed by atoms with Crippen molar-refractivity contribution < 1.29 is 14.3 Å². The van der Waals surface area contributed by atoms with Gasteiger partial charge in [-0.15, -0.1) is 0 Å². The predicted molar refractivity (Wildman–Crippen MR) is 131 cm³/mol. The van der Waals surface area contributed by atoms with Gasteiger partial charge in [0.1, 0.15) is 11.2 Å². The minimum Gasteiger partial charge on any atom is -0.444 e. The normalized spacial score (nSPS) is 17.0. The number of piperidine rings is 1. The number of halogens is 1. The van der Waals surface area contributed by atoms with Gasteiger partial charge >= 0.3 is 6.09 Å². The van der Waals surface area contributed by atoms with Crippen molar-refractivity contribution in [1.82, 2.24) is 15.3 Å². The molecule has 3 heterocycles. The van der Waals surface area contributed by atoms with Crippen molar-refractivity contribution in [1.29, 1.82) is 0 Å². The molecule has 0 saturated carbocycles. The molecule has 0 spiro atoms. The Morgan fingerprint density at radius 1 is 1.34 bits per heavy atom. The number of nitrogens with zero attached hydrogens (tertiary/aromatic N) is 2. The zero-order valence-corrected chi connectivity index (χ0v) is 21.1. The molecule has 3 rings (SSSR count). The maximum Gasteiger partial charge on any atom is 0.407 e. The van der Waals surface area contributed by atoms with E-state index in [9.17, 15) is 9.59 Å². The molecule has 176 valence electrons. The molecule has 1 fully saturated rings. The monoisotopic (exact) mass is 507 g/mol. The van der Waals surface area contributed by atoms with E-state index < -0.39 is 11.7 Å². The molecule has 0 bridgehead atoms. The Hall–Kier alpha value is -2.29. The van der Waals surface area contributed by atoms with Crippen molar-refractivity contribution in [2.75, 3.05) is 23.3 Å². The van der Waals surface area contributed by atoms with Crippen LogP contribution in [0.2, 0.25) is 0 Å². The van der Waals surface area contributed by atoms with Gasteiger partial charge < -0.3 is 25.3 Å². The highest BCUT2D eigenvalue weighted by atomic mass is 79.9. The van der Waals surface area contributed by atoms with Crippen LogP contribution in [0, 0.1) is 5.92 Å². The lowest BCUT2D eigenvalue weighted by atomic mass is 10.0. The maximum absolute atomic E-state index is 12.7. The van der Waals surface area contributed by atoms with Gasteiger partial charge in [0.15, 0.2) is 0 Å². The molecular formula is C23H34BrN5O3. The standard InChI is InChI=1S/C23H34BrN5O3/c1-6-14(7-2)21(30)28-17-12-26-20-18(17)19(16(24)11-25-20)29-10-8-9-15(13-29)27-22(31)32-23(3,4)5/h11-12,14-15H,6-10,13H2,1-5H3,(H,25,26)(H,27,31)(H,28,30)/t15-/m1/s1. The lowest BCUT2D eigenvalue weighted by Crippen LogP contribution is -2.49. The third-order valence-corrected chi connectivity index (χ3v) is 6.28. The predicted octanol–water partition coefficient (Wildman–Crippen LogP) is 5.19. The van der Waals surface area contributed by atoms with E-state index in [4.69, 9.17) is 4.74 Å². The molecule has 1 saturated heterocycles. The van der Waals surface area contributed by atoms with Crippen LogP contribution in [0.25, 0.3) is 11.0 Å². The van der Waals surface area contributed by atoms with E-state index in [1.807, 2.05) is 34.6 Å². The molecule has 0 aliphatic carbocycles. The summed E-state index contributed by atoms with van der Waals surface area (Å²) in [6.07, 6.45) is 6.57. The summed E-state index contributed by atoms with van der Waals surface area (Å²) in [7, 11) is 0. The Morgan fingerprint density at radius 2 is 2.06 bits per heavy atom.